The first-order valence-corrected chi connectivity index (χ1v) is 7.02. The van der Waals surface area contributed by atoms with Crippen LogP contribution in [0, 0.1) is 5.92 Å². The number of hydrogen-bond donors (Lipinski definition) is 1. The van der Waals surface area contributed by atoms with Crippen LogP contribution in [0.15, 0.2) is 16.6 Å². The van der Waals surface area contributed by atoms with Gasteiger partial charge in [-0.2, -0.15) is 0 Å². The molecule has 0 aliphatic carbocycles. The lowest BCUT2D eigenvalue weighted by atomic mass is 9.82. The maximum atomic E-state index is 10.9. The summed E-state index contributed by atoms with van der Waals surface area (Å²) in [5, 5.41) is 10.9. The van der Waals surface area contributed by atoms with Gasteiger partial charge >= 0.3 is 0 Å². The van der Waals surface area contributed by atoms with Crippen molar-refractivity contribution in [2.75, 3.05) is 27.4 Å². The molecule has 19 heavy (non-hydrogen) atoms. The zero-order chi connectivity index (χ0) is 14.0. The molecule has 1 fully saturated rings. The third-order valence-corrected chi connectivity index (χ3v) is 4.51. The highest BCUT2D eigenvalue weighted by Gasteiger charge is 2.39. The molecule has 4 nitrogen and oxygen atoms in total. The SMILES string of the molecule is COc1ccc(C(C)(O)C2CCOC2)c(OC)c1Br. The van der Waals surface area contributed by atoms with Crippen molar-refractivity contribution in [3.8, 4) is 11.5 Å². The van der Waals surface area contributed by atoms with Gasteiger partial charge in [0.1, 0.15) is 16.0 Å². The standard InChI is InChI=1S/C14H19BrO4/c1-14(16,9-6-7-19-8-9)10-4-5-11(17-2)12(15)13(10)18-3/h4-5,9,16H,6-8H2,1-3H3. The Kier molecular flexibility index (Phi) is 4.38. The Bertz CT molecular complexity index is 453. The van der Waals surface area contributed by atoms with E-state index in [1.54, 1.807) is 14.2 Å². The maximum Gasteiger partial charge on any atom is 0.142 e. The van der Waals surface area contributed by atoms with Crippen LogP contribution in [0.1, 0.15) is 18.9 Å². The highest BCUT2D eigenvalue weighted by Crippen LogP contribution is 2.45. The van der Waals surface area contributed by atoms with Crippen molar-refractivity contribution in [1.29, 1.82) is 0 Å². The smallest absolute Gasteiger partial charge is 0.142 e. The molecule has 2 rings (SSSR count). The van der Waals surface area contributed by atoms with Crippen LogP contribution in [0.2, 0.25) is 0 Å². The van der Waals surface area contributed by atoms with Crippen molar-refractivity contribution in [2.24, 2.45) is 5.92 Å². The Labute approximate surface area is 121 Å². The minimum Gasteiger partial charge on any atom is -0.495 e. The number of methoxy groups -OCH3 is 2. The molecule has 1 aromatic rings. The highest BCUT2D eigenvalue weighted by atomic mass is 79.9. The lowest BCUT2D eigenvalue weighted by molar-refractivity contribution is -0.0116. The summed E-state index contributed by atoms with van der Waals surface area (Å²) < 4.78 is 16.8. The molecule has 0 saturated carbocycles. The van der Waals surface area contributed by atoms with Crippen molar-refractivity contribution < 1.29 is 19.3 Å². The molecule has 5 heteroatoms. The first-order chi connectivity index (χ1) is 9.02. The van der Waals surface area contributed by atoms with E-state index in [9.17, 15) is 5.11 Å². The van der Waals surface area contributed by atoms with E-state index in [1.807, 2.05) is 19.1 Å². The summed E-state index contributed by atoms with van der Waals surface area (Å²) in [6.45, 7) is 3.07. The molecule has 1 saturated heterocycles. The zero-order valence-corrected chi connectivity index (χ0v) is 13.0. The van der Waals surface area contributed by atoms with Crippen LogP contribution in [0.5, 0.6) is 11.5 Å². The molecule has 1 aromatic carbocycles. The van der Waals surface area contributed by atoms with Gasteiger partial charge in [0.2, 0.25) is 0 Å². The van der Waals surface area contributed by atoms with E-state index in [2.05, 4.69) is 15.9 Å². The Morgan fingerprint density at radius 1 is 1.37 bits per heavy atom. The largest absolute Gasteiger partial charge is 0.495 e. The molecule has 2 atom stereocenters. The molecule has 0 aromatic heterocycles. The molecule has 1 aliphatic heterocycles. The highest BCUT2D eigenvalue weighted by molar-refractivity contribution is 9.10. The molecular weight excluding hydrogens is 312 g/mol. The van der Waals surface area contributed by atoms with E-state index in [0.29, 0.717) is 29.2 Å². The predicted octanol–water partition coefficient (Wildman–Crippen LogP) is 2.71. The Morgan fingerprint density at radius 2 is 2.11 bits per heavy atom. The molecule has 0 spiro atoms. The molecule has 1 heterocycles. The molecule has 106 valence electrons. The van der Waals surface area contributed by atoms with Gasteiger partial charge < -0.3 is 19.3 Å². The van der Waals surface area contributed by atoms with Crippen molar-refractivity contribution >= 4 is 15.9 Å². The first kappa shape index (κ1) is 14.6. The maximum absolute atomic E-state index is 10.9. The normalized spacial score (nSPS) is 22.1. The van der Waals surface area contributed by atoms with E-state index >= 15 is 0 Å². The number of halogens is 1. The van der Waals surface area contributed by atoms with Crippen LogP contribution in [0.25, 0.3) is 0 Å². The average Bonchev–Trinajstić information content (AvgIpc) is 2.92. The van der Waals surface area contributed by atoms with Gasteiger partial charge in [0.25, 0.3) is 0 Å². The molecular formula is C14H19BrO4. The second-order valence-electron chi connectivity index (χ2n) is 4.87. The fourth-order valence-electron chi connectivity index (χ4n) is 2.49. The molecule has 1 N–H and O–H groups in total. The summed E-state index contributed by atoms with van der Waals surface area (Å²) in [6.07, 6.45) is 0.847. The fourth-order valence-corrected chi connectivity index (χ4v) is 3.16. The lowest BCUT2D eigenvalue weighted by Crippen LogP contribution is -2.32. The number of ether oxygens (including phenoxy) is 3. The number of hydrogen-bond acceptors (Lipinski definition) is 4. The van der Waals surface area contributed by atoms with Crippen molar-refractivity contribution in [3.05, 3.63) is 22.2 Å². The molecule has 0 radical (unpaired) electrons. The summed E-state index contributed by atoms with van der Waals surface area (Å²) in [7, 11) is 3.19. The summed E-state index contributed by atoms with van der Waals surface area (Å²) >= 11 is 3.46. The first-order valence-electron chi connectivity index (χ1n) is 6.23. The summed E-state index contributed by atoms with van der Waals surface area (Å²) in [5.41, 5.74) is -0.241. The second-order valence-corrected chi connectivity index (χ2v) is 5.66. The quantitative estimate of drug-likeness (QED) is 0.922. The van der Waals surface area contributed by atoms with Crippen molar-refractivity contribution in [2.45, 2.75) is 18.9 Å². The van der Waals surface area contributed by atoms with Crippen molar-refractivity contribution in [3.63, 3.8) is 0 Å². The van der Waals surface area contributed by atoms with Crippen LogP contribution in [0.4, 0.5) is 0 Å². The van der Waals surface area contributed by atoms with Crippen molar-refractivity contribution in [1.82, 2.24) is 0 Å². The third kappa shape index (κ3) is 2.59. The minimum atomic E-state index is -0.989. The van der Waals surface area contributed by atoms with E-state index in [0.717, 1.165) is 12.0 Å². The van der Waals surface area contributed by atoms with Gasteiger partial charge in [0, 0.05) is 18.1 Å². The zero-order valence-electron chi connectivity index (χ0n) is 11.4. The Morgan fingerprint density at radius 3 is 2.63 bits per heavy atom. The number of benzene rings is 1. The average molecular weight is 331 g/mol. The molecule has 1 aliphatic rings. The minimum absolute atomic E-state index is 0.0710. The van der Waals surface area contributed by atoms with Gasteiger partial charge in [-0.3, -0.25) is 0 Å². The van der Waals surface area contributed by atoms with E-state index in [4.69, 9.17) is 14.2 Å². The van der Waals surface area contributed by atoms with Gasteiger partial charge in [0.15, 0.2) is 0 Å². The van der Waals surface area contributed by atoms with Crippen LogP contribution >= 0.6 is 15.9 Å². The topological polar surface area (TPSA) is 47.9 Å². The van der Waals surface area contributed by atoms with E-state index in [-0.39, 0.29) is 5.92 Å². The summed E-state index contributed by atoms with van der Waals surface area (Å²) in [4.78, 5) is 0. The van der Waals surface area contributed by atoms with E-state index in [1.165, 1.54) is 0 Å². The third-order valence-electron chi connectivity index (χ3n) is 3.76. The van der Waals surface area contributed by atoms with Gasteiger partial charge in [-0.05, 0) is 41.4 Å². The number of aliphatic hydroxyl groups is 1. The van der Waals surface area contributed by atoms with Gasteiger partial charge in [0.05, 0.1) is 26.4 Å². The van der Waals surface area contributed by atoms with E-state index < -0.39 is 5.60 Å². The van der Waals surface area contributed by atoms with Crippen LogP contribution in [0.3, 0.4) is 0 Å². The van der Waals surface area contributed by atoms with Gasteiger partial charge in [-0.25, -0.2) is 0 Å². The Balaban J connectivity index is 2.46. The summed E-state index contributed by atoms with van der Waals surface area (Å²) in [5.74, 6) is 1.36. The van der Waals surface area contributed by atoms with Gasteiger partial charge in [-0.15, -0.1) is 0 Å². The predicted molar refractivity (Wildman–Crippen MR) is 75.7 cm³/mol. The molecule has 0 bridgehead atoms. The van der Waals surface area contributed by atoms with Crippen LogP contribution in [-0.2, 0) is 10.3 Å². The number of rotatable bonds is 4. The monoisotopic (exact) mass is 330 g/mol. The fraction of sp³-hybridized carbons (Fsp3) is 0.571. The lowest BCUT2D eigenvalue weighted by Gasteiger charge is -2.31. The van der Waals surface area contributed by atoms with Crippen LogP contribution in [-0.4, -0.2) is 32.5 Å². The van der Waals surface area contributed by atoms with Crippen LogP contribution < -0.4 is 9.47 Å². The Hall–Kier alpha value is -0.780. The molecule has 2 unspecified atom stereocenters. The molecule has 0 amide bonds. The second kappa shape index (κ2) is 5.69. The summed E-state index contributed by atoms with van der Waals surface area (Å²) in [6, 6.07) is 3.67. The van der Waals surface area contributed by atoms with Gasteiger partial charge in [-0.1, -0.05) is 0 Å².